The Bertz CT molecular complexity index is 646. The number of rotatable bonds is 5. The Labute approximate surface area is 125 Å². The summed E-state index contributed by atoms with van der Waals surface area (Å²) in [7, 11) is 1.81. The van der Waals surface area contributed by atoms with Gasteiger partial charge in [-0.3, -0.25) is 9.48 Å². The number of nitrogens with one attached hydrogen (secondary N) is 2. The smallest absolute Gasteiger partial charge is 0.258 e. The van der Waals surface area contributed by atoms with Crippen LogP contribution in [0.1, 0.15) is 35.0 Å². The second-order valence-corrected chi connectivity index (χ2v) is 5.22. The summed E-state index contributed by atoms with van der Waals surface area (Å²) in [5.41, 5.74) is 3.52. The fourth-order valence-electron chi connectivity index (χ4n) is 2.17. The van der Waals surface area contributed by atoms with Gasteiger partial charge in [0.05, 0.1) is 11.3 Å². The minimum Gasteiger partial charge on any atom is -0.384 e. The molecule has 0 atom stereocenters. The summed E-state index contributed by atoms with van der Waals surface area (Å²) in [5.74, 6) is 0.566. The molecule has 0 bridgehead atoms. The van der Waals surface area contributed by atoms with E-state index >= 15 is 0 Å². The van der Waals surface area contributed by atoms with E-state index in [1.54, 1.807) is 4.68 Å². The van der Waals surface area contributed by atoms with E-state index in [1.165, 1.54) is 0 Å². The van der Waals surface area contributed by atoms with Gasteiger partial charge in [0, 0.05) is 25.3 Å². The monoisotopic (exact) mass is 286 g/mol. The first-order valence-corrected chi connectivity index (χ1v) is 7.17. The van der Waals surface area contributed by atoms with Gasteiger partial charge in [0.2, 0.25) is 0 Å². The SMILES string of the molecule is CCCNc1cc(C)ccc1C(=O)Nc1cc(C)nn1C. The standard InChI is InChI=1S/C16H22N4O/c1-5-8-17-14-9-11(2)6-7-13(14)16(21)18-15-10-12(3)19-20(15)4/h6-7,9-10,17H,5,8H2,1-4H3,(H,18,21). The third kappa shape index (κ3) is 3.62. The number of hydrogen-bond acceptors (Lipinski definition) is 3. The van der Waals surface area contributed by atoms with Gasteiger partial charge in [-0.1, -0.05) is 13.0 Å². The lowest BCUT2D eigenvalue weighted by molar-refractivity contribution is 0.102. The van der Waals surface area contributed by atoms with Gasteiger partial charge < -0.3 is 10.6 Å². The second kappa shape index (κ2) is 6.43. The quantitative estimate of drug-likeness (QED) is 0.888. The Morgan fingerprint density at radius 3 is 2.67 bits per heavy atom. The fourth-order valence-corrected chi connectivity index (χ4v) is 2.17. The Morgan fingerprint density at radius 1 is 1.29 bits per heavy atom. The Kier molecular flexibility index (Phi) is 4.62. The number of carbonyl (C=O) groups is 1. The number of aryl methyl sites for hydroxylation is 3. The Balaban J connectivity index is 2.24. The van der Waals surface area contributed by atoms with Crippen molar-refractivity contribution in [3.8, 4) is 0 Å². The lowest BCUT2D eigenvalue weighted by Crippen LogP contribution is -2.17. The van der Waals surface area contributed by atoms with E-state index in [0.29, 0.717) is 11.4 Å². The van der Waals surface area contributed by atoms with Crippen LogP contribution in [0.4, 0.5) is 11.5 Å². The summed E-state index contributed by atoms with van der Waals surface area (Å²) < 4.78 is 1.67. The number of hydrogen-bond donors (Lipinski definition) is 2. The van der Waals surface area contributed by atoms with Gasteiger partial charge in [0.25, 0.3) is 5.91 Å². The van der Waals surface area contributed by atoms with Crippen molar-refractivity contribution in [1.82, 2.24) is 9.78 Å². The molecule has 0 saturated carbocycles. The van der Waals surface area contributed by atoms with Gasteiger partial charge in [0.1, 0.15) is 5.82 Å². The predicted molar refractivity (Wildman–Crippen MR) is 85.9 cm³/mol. The van der Waals surface area contributed by atoms with Gasteiger partial charge in [0.15, 0.2) is 0 Å². The maximum Gasteiger partial charge on any atom is 0.258 e. The molecule has 5 heteroatoms. The number of aromatic nitrogens is 2. The van der Waals surface area contributed by atoms with Crippen LogP contribution in [0.2, 0.25) is 0 Å². The van der Waals surface area contributed by atoms with Crippen molar-refractivity contribution >= 4 is 17.4 Å². The number of nitrogens with zero attached hydrogens (tertiary/aromatic N) is 2. The molecule has 0 fully saturated rings. The molecule has 2 rings (SSSR count). The van der Waals surface area contributed by atoms with Crippen LogP contribution in [0.15, 0.2) is 24.3 Å². The molecule has 0 aliphatic heterocycles. The summed E-state index contributed by atoms with van der Waals surface area (Å²) in [6, 6.07) is 7.65. The second-order valence-electron chi connectivity index (χ2n) is 5.22. The summed E-state index contributed by atoms with van der Waals surface area (Å²) in [6.07, 6.45) is 1.01. The lowest BCUT2D eigenvalue weighted by atomic mass is 10.1. The molecule has 0 unspecified atom stereocenters. The molecule has 21 heavy (non-hydrogen) atoms. The molecule has 0 radical (unpaired) electrons. The van der Waals surface area contributed by atoms with E-state index in [1.807, 2.05) is 45.2 Å². The summed E-state index contributed by atoms with van der Waals surface area (Å²) in [5, 5.41) is 10.4. The highest BCUT2D eigenvalue weighted by atomic mass is 16.1. The molecule has 0 aliphatic carbocycles. The summed E-state index contributed by atoms with van der Waals surface area (Å²) in [4.78, 5) is 12.5. The molecule has 1 aromatic heterocycles. The Morgan fingerprint density at radius 2 is 2.05 bits per heavy atom. The normalized spacial score (nSPS) is 10.5. The molecular formula is C16H22N4O. The van der Waals surface area contributed by atoms with Crippen molar-refractivity contribution in [2.45, 2.75) is 27.2 Å². The van der Waals surface area contributed by atoms with E-state index in [2.05, 4.69) is 22.7 Å². The minimum atomic E-state index is -0.128. The van der Waals surface area contributed by atoms with Crippen molar-refractivity contribution < 1.29 is 4.79 Å². The van der Waals surface area contributed by atoms with Crippen molar-refractivity contribution in [1.29, 1.82) is 0 Å². The number of carbonyl (C=O) groups excluding carboxylic acids is 1. The van der Waals surface area contributed by atoms with Crippen LogP contribution >= 0.6 is 0 Å². The maximum atomic E-state index is 12.5. The largest absolute Gasteiger partial charge is 0.384 e. The van der Waals surface area contributed by atoms with E-state index < -0.39 is 0 Å². The number of anilines is 2. The van der Waals surface area contributed by atoms with Crippen molar-refractivity contribution in [3.63, 3.8) is 0 Å². The number of benzene rings is 1. The average Bonchev–Trinajstić information content (AvgIpc) is 2.74. The highest BCUT2D eigenvalue weighted by Gasteiger charge is 2.13. The topological polar surface area (TPSA) is 59.0 Å². The predicted octanol–water partition coefficient (Wildman–Crippen LogP) is 3.11. The van der Waals surface area contributed by atoms with E-state index in [4.69, 9.17) is 0 Å². The first-order chi connectivity index (χ1) is 10.0. The number of amides is 1. The highest BCUT2D eigenvalue weighted by molar-refractivity contribution is 6.07. The molecule has 5 nitrogen and oxygen atoms in total. The zero-order valence-electron chi connectivity index (χ0n) is 13.0. The van der Waals surface area contributed by atoms with Gasteiger partial charge in [-0.05, 0) is 38.0 Å². The molecule has 1 amide bonds. The van der Waals surface area contributed by atoms with E-state index in [9.17, 15) is 4.79 Å². The summed E-state index contributed by atoms with van der Waals surface area (Å²) in [6.45, 7) is 6.86. The van der Waals surface area contributed by atoms with Gasteiger partial charge in [-0.2, -0.15) is 5.10 Å². The van der Waals surface area contributed by atoms with Crippen LogP contribution in [0, 0.1) is 13.8 Å². The molecular weight excluding hydrogens is 264 g/mol. The van der Waals surface area contributed by atoms with Gasteiger partial charge >= 0.3 is 0 Å². The maximum absolute atomic E-state index is 12.5. The molecule has 2 N–H and O–H groups in total. The highest BCUT2D eigenvalue weighted by Crippen LogP contribution is 2.19. The van der Waals surface area contributed by atoms with Crippen LogP contribution in [-0.2, 0) is 7.05 Å². The van der Waals surface area contributed by atoms with E-state index in [0.717, 1.165) is 29.9 Å². The van der Waals surface area contributed by atoms with Crippen molar-refractivity contribution in [2.24, 2.45) is 7.05 Å². The molecule has 0 aliphatic rings. The zero-order valence-corrected chi connectivity index (χ0v) is 13.0. The molecule has 0 saturated heterocycles. The lowest BCUT2D eigenvalue weighted by Gasteiger charge is -2.12. The third-order valence-corrected chi connectivity index (χ3v) is 3.23. The third-order valence-electron chi connectivity index (χ3n) is 3.23. The zero-order chi connectivity index (χ0) is 15.4. The fraction of sp³-hybridized carbons (Fsp3) is 0.375. The van der Waals surface area contributed by atoms with Crippen LogP contribution in [0.5, 0.6) is 0 Å². The Hall–Kier alpha value is -2.30. The van der Waals surface area contributed by atoms with Crippen molar-refractivity contribution in [3.05, 3.63) is 41.1 Å². The first kappa shape index (κ1) is 15.1. The molecule has 0 spiro atoms. The van der Waals surface area contributed by atoms with Gasteiger partial charge in [-0.25, -0.2) is 0 Å². The van der Waals surface area contributed by atoms with E-state index in [-0.39, 0.29) is 5.91 Å². The minimum absolute atomic E-state index is 0.128. The van der Waals surface area contributed by atoms with Crippen LogP contribution in [0.25, 0.3) is 0 Å². The van der Waals surface area contributed by atoms with Crippen molar-refractivity contribution in [2.75, 3.05) is 17.2 Å². The van der Waals surface area contributed by atoms with Crippen LogP contribution in [-0.4, -0.2) is 22.2 Å². The summed E-state index contributed by atoms with van der Waals surface area (Å²) >= 11 is 0. The molecule has 2 aromatic rings. The first-order valence-electron chi connectivity index (χ1n) is 7.17. The molecule has 112 valence electrons. The van der Waals surface area contributed by atoms with Crippen LogP contribution in [0.3, 0.4) is 0 Å². The van der Waals surface area contributed by atoms with Crippen LogP contribution < -0.4 is 10.6 Å². The molecule has 1 aromatic carbocycles. The molecule has 1 heterocycles. The van der Waals surface area contributed by atoms with Gasteiger partial charge in [-0.15, -0.1) is 0 Å². The average molecular weight is 286 g/mol.